The van der Waals surface area contributed by atoms with E-state index in [1.807, 2.05) is 0 Å². The van der Waals surface area contributed by atoms with Crippen molar-refractivity contribution in [1.29, 1.82) is 0 Å². The van der Waals surface area contributed by atoms with Gasteiger partial charge in [-0.3, -0.25) is 9.89 Å². The van der Waals surface area contributed by atoms with Gasteiger partial charge >= 0.3 is 0 Å². The summed E-state index contributed by atoms with van der Waals surface area (Å²) in [7, 11) is 0. The standard InChI is InChI=1S/C17H28N4.HI/c1-3-21-11-5-8-16(21)13-20-17(18)19-10-9-15-7-4-6-14(2)12-15;/h4,6-7,12,16H,3,5,8-11,13H2,1-2H3,(H3,18,19,20);1H. The summed E-state index contributed by atoms with van der Waals surface area (Å²) < 4.78 is 0. The van der Waals surface area contributed by atoms with E-state index in [1.54, 1.807) is 0 Å². The molecule has 0 saturated carbocycles. The van der Waals surface area contributed by atoms with Crippen molar-refractivity contribution < 1.29 is 0 Å². The Balaban J connectivity index is 0.00000242. The van der Waals surface area contributed by atoms with Gasteiger partial charge in [0.25, 0.3) is 0 Å². The van der Waals surface area contributed by atoms with Gasteiger partial charge in [-0.2, -0.15) is 0 Å². The Bertz CT molecular complexity index is 475. The minimum absolute atomic E-state index is 0. The number of benzene rings is 1. The lowest BCUT2D eigenvalue weighted by molar-refractivity contribution is 0.273. The number of nitrogens with one attached hydrogen (secondary N) is 1. The van der Waals surface area contributed by atoms with E-state index in [9.17, 15) is 0 Å². The summed E-state index contributed by atoms with van der Waals surface area (Å²) in [5, 5.41) is 3.22. The lowest BCUT2D eigenvalue weighted by Crippen LogP contribution is -2.36. The molecule has 1 aromatic carbocycles. The maximum Gasteiger partial charge on any atom is 0.188 e. The second-order valence-electron chi connectivity index (χ2n) is 5.82. The Hall–Kier alpha value is -0.820. The molecule has 0 amide bonds. The molecule has 1 atom stereocenters. The Morgan fingerprint density at radius 3 is 3.00 bits per heavy atom. The SMILES string of the molecule is CCN1CCCC1CN=C(N)NCCc1cccc(C)c1.I. The van der Waals surface area contributed by atoms with E-state index < -0.39 is 0 Å². The average Bonchev–Trinajstić information content (AvgIpc) is 2.92. The van der Waals surface area contributed by atoms with Crippen LogP contribution in [0, 0.1) is 6.92 Å². The van der Waals surface area contributed by atoms with Crippen LogP contribution in [-0.4, -0.2) is 43.1 Å². The van der Waals surface area contributed by atoms with Gasteiger partial charge in [0.05, 0.1) is 6.54 Å². The predicted molar refractivity (Wildman–Crippen MR) is 105 cm³/mol. The third kappa shape index (κ3) is 6.12. The highest BCUT2D eigenvalue weighted by Crippen LogP contribution is 2.16. The van der Waals surface area contributed by atoms with E-state index in [4.69, 9.17) is 5.73 Å². The molecule has 0 aromatic heterocycles. The van der Waals surface area contributed by atoms with Crippen LogP contribution in [0.15, 0.2) is 29.3 Å². The van der Waals surface area contributed by atoms with Crippen molar-refractivity contribution >= 4 is 29.9 Å². The molecular weight excluding hydrogens is 387 g/mol. The van der Waals surface area contributed by atoms with Gasteiger partial charge in [0, 0.05) is 12.6 Å². The van der Waals surface area contributed by atoms with E-state index in [2.05, 4.69) is 53.3 Å². The van der Waals surface area contributed by atoms with Gasteiger partial charge in [-0.05, 0) is 44.8 Å². The maximum absolute atomic E-state index is 5.95. The number of aliphatic imine (C=N–C) groups is 1. The third-order valence-electron chi connectivity index (χ3n) is 4.18. The van der Waals surface area contributed by atoms with Crippen molar-refractivity contribution in [3.05, 3.63) is 35.4 Å². The number of likely N-dealkylation sites (tertiary alicyclic amines) is 1. The summed E-state index contributed by atoms with van der Waals surface area (Å²) in [5.41, 5.74) is 8.59. The first-order valence-electron chi connectivity index (χ1n) is 8.02. The first-order chi connectivity index (χ1) is 10.2. The van der Waals surface area contributed by atoms with Crippen molar-refractivity contribution in [2.75, 3.05) is 26.2 Å². The molecule has 0 radical (unpaired) electrons. The molecule has 1 aliphatic rings. The molecular formula is C17H29IN4. The topological polar surface area (TPSA) is 53.6 Å². The van der Waals surface area contributed by atoms with Crippen molar-refractivity contribution in [3.8, 4) is 0 Å². The predicted octanol–water partition coefficient (Wildman–Crippen LogP) is 2.54. The first-order valence-corrected chi connectivity index (χ1v) is 8.02. The Labute approximate surface area is 151 Å². The summed E-state index contributed by atoms with van der Waals surface area (Å²) in [6, 6.07) is 9.16. The van der Waals surface area contributed by atoms with E-state index in [0.29, 0.717) is 12.0 Å². The summed E-state index contributed by atoms with van der Waals surface area (Å²) in [6.07, 6.45) is 3.51. The zero-order chi connectivity index (χ0) is 15.1. The number of rotatable bonds is 6. The van der Waals surface area contributed by atoms with Crippen LogP contribution in [0.5, 0.6) is 0 Å². The Morgan fingerprint density at radius 2 is 2.27 bits per heavy atom. The highest BCUT2D eigenvalue weighted by molar-refractivity contribution is 14.0. The second kappa shape index (κ2) is 10.0. The number of hydrogen-bond donors (Lipinski definition) is 2. The molecule has 3 N–H and O–H groups in total. The van der Waals surface area contributed by atoms with Crippen LogP contribution >= 0.6 is 24.0 Å². The highest BCUT2D eigenvalue weighted by atomic mass is 127. The van der Waals surface area contributed by atoms with Gasteiger partial charge in [-0.25, -0.2) is 0 Å². The van der Waals surface area contributed by atoms with E-state index >= 15 is 0 Å². The summed E-state index contributed by atoms with van der Waals surface area (Å²) in [5.74, 6) is 0.575. The number of halogens is 1. The van der Waals surface area contributed by atoms with Gasteiger partial charge in [-0.15, -0.1) is 24.0 Å². The van der Waals surface area contributed by atoms with Crippen molar-refractivity contribution in [2.24, 2.45) is 10.7 Å². The zero-order valence-electron chi connectivity index (χ0n) is 13.7. The first kappa shape index (κ1) is 19.2. The average molecular weight is 416 g/mol. The molecule has 0 spiro atoms. The lowest BCUT2D eigenvalue weighted by Gasteiger charge is -2.20. The van der Waals surface area contributed by atoms with Crippen molar-refractivity contribution in [2.45, 2.75) is 39.2 Å². The third-order valence-corrected chi connectivity index (χ3v) is 4.18. The quantitative estimate of drug-likeness (QED) is 0.426. The normalized spacial score (nSPS) is 19.0. The van der Waals surface area contributed by atoms with Gasteiger partial charge in [0.1, 0.15) is 0 Å². The smallest absolute Gasteiger partial charge is 0.188 e. The monoisotopic (exact) mass is 416 g/mol. The Morgan fingerprint density at radius 1 is 1.45 bits per heavy atom. The zero-order valence-corrected chi connectivity index (χ0v) is 16.0. The fraction of sp³-hybridized carbons (Fsp3) is 0.588. The summed E-state index contributed by atoms with van der Waals surface area (Å²) >= 11 is 0. The van der Waals surface area contributed by atoms with E-state index in [-0.39, 0.29) is 24.0 Å². The molecule has 1 fully saturated rings. The lowest BCUT2D eigenvalue weighted by atomic mass is 10.1. The molecule has 1 heterocycles. The van der Waals surface area contributed by atoms with Gasteiger partial charge < -0.3 is 11.1 Å². The number of hydrogen-bond acceptors (Lipinski definition) is 2. The minimum Gasteiger partial charge on any atom is -0.370 e. The molecule has 5 heteroatoms. The number of likely N-dealkylation sites (N-methyl/N-ethyl adjacent to an activating group) is 1. The minimum atomic E-state index is 0. The number of aryl methyl sites for hydroxylation is 1. The summed E-state index contributed by atoms with van der Waals surface area (Å²) in [4.78, 5) is 6.98. The van der Waals surface area contributed by atoms with Gasteiger partial charge in [0.2, 0.25) is 0 Å². The molecule has 22 heavy (non-hydrogen) atoms. The molecule has 2 rings (SSSR count). The van der Waals surface area contributed by atoms with Crippen molar-refractivity contribution in [3.63, 3.8) is 0 Å². The molecule has 1 saturated heterocycles. The van der Waals surface area contributed by atoms with Crippen LogP contribution in [0.25, 0.3) is 0 Å². The van der Waals surface area contributed by atoms with Crippen LogP contribution in [0.4, 0.5) is 0 Å². The van der Waals surface area contributed by atoms with Crippen LogP contribution in [0.1, 0.15) is 30.9 Å². The van der Waals surface area contributed by atoms with Crippen LogP contribution < -0.4 is 11.1 Å². The molecule has 1 aromatic rings. The van der Waals surface area contributed by atoms with Gasteiger partial charge in [-0.1, -0.05) is 36.8 Å². The molecule has 0 aliphatic carbocycles. The fourth-order valence-electron chi connectivity index (χ4n) is 2.98. The molecule has 1 unspecified atom stereocenters. The van der Waals surface area contributed by atoms with E-state index in [1.165, 1.54) is 30.5 Å². The molecule has 0 bridgehead atoms. The maximum atomic E-state index is 5.95. The number of nitrogens with zero attached hydrogens (tertiary/aromatic N) is 2. The largest absolute Gasteiger partial charge is 0.370 e. The molecule has 1 aliphatic heterocycles. The molecule has 124 valence electrons. The van der Waals surface area contributed by atoms with E-state index in [0.717, 1.165) is 26.1 Å². The number of nitrogens with two attached hydrogens (primary N) is 1. The Kier molecular flexibility index (Phi) is 8.78. The van der Waals surface area contributed by atoms with Crippen molar-refractivity contribution in [1.82, 2.24) is 10.2 Å². The number of guanidine groups is 1. The second-order valence-corrected chi connectivity index (χ2v) is 5.82. The highest BCUT2D eigenvalue weighted by Gasteiger charge is 2.22. The van der Waals surface area contributed by atoms with Crippen LogP contribution in [0.3, 0.4) is 0 Å². The van der Waals surface area contributed by atoms with Crippen LogP contribution in [0.2, 0.25) is 0 Å². The van der Waals surface area contributed by atoms with Crippen LogP contribution in [-0.2, 0) is 6.42 Å². The van der Waals surface area contributed by atoms with Gasteiger partial charge in [0.15, 0.2) is 5.96 Å². The summed E-state index contributed by atoms with van der Waals surface area (Å²) in [6.45, 7) is 8.30. The fourth-order valence-corrected chi connectivity index (χ4v) is 2.98. The molecule has 4 nitrogen and oxygen atoms in total.